The number of esters is 1. The number of ether oxygens (including phenoxy) is 1. The summed E-state index contributed by atoms with van der Waals surface area (Å²) < 4.78 is 5.93. The molecule has 0 spiro atoms. The van der Waals surface area contributed by atoms with Crippen molar-refractivity contribution in [1.29, 1.82) is 0 Å². The highest BCUT2D eigenvalue weighted by Crippen LogP contribution is 2.18. The molecule has 6 heteroatoms. The fourth-order valence-corrected chi connectivity index (χ4v) is 8.59. The number of aliphatic hydroxyl groups is 2. The van der Waals surface area contributed by atoms with E-state index in [4.69, 9.17) is 4.74 Å². The number of carbonyl (C=O) groups is 2. The summed E-state index contributed by atoms with van der Waals surface area (Å²) in [5, 5.41) is 23.9. The molecule has 0 bridgehead atoms. The van der Waals surface area contributed by atoms with E-state index in [1.807, 2.05) is 0 Å². The predicted molar refractivity (Wildman–Crippen MR) is 282 cm³/mol. The number of unbranched alkanes of at least 4 members (excludes halogenated alkanes) is 33. The number of allylic oxidation sites excluding steroid dienone is 8. The van der Waals surface area contributed by atoms with E-state index in [2.05, 4.69) is 74.7 Å². The molecule has 3 N–H and O–H groups in total. The highest BCUT2D eigenvalue weighted by Gasteiger charge is 2.24. The van der Waals surface area contributed by atoms with Gasteiger partial charge in [0.15, 0.2) is 0 Å². The first-order chi connectivity index (χ1) is 32.0. The highest BCUT2D eigenvalue weighted by atomic mass is 16.5. The Morgan fingerprint density at radius 2 is 0.769 bits per heavy atom. The van der Waals surface area contributed by atoms with E-state index in [0.717, 1.165) is 89.9 Å². The van der Waals surface area contributed by atoms with Crippen molar-refractivity contribution in [1.82, 2.24) is 5.32 Å². The summed E-state index contributed by atoms with van der Waals surface area (Å²) in [5.74, 6) is -0.517. The average Bonchev–Trinajstić information content (AvgIpc) is 3.30. The van der Waals surface area contributed by atoms with Crippen LogP contribution in [0.2, 0.25) is 0 Å². The maximum atomic E-state index is 13.2. The van der Waals surface area contributed by atoms with Gasteiger partial charge < -0.3 is 20.3 Å². The zero-order valence-electron chi connectivity index (χ0n) is 43.4. The number of amides is 1. The summed E-state index contributed by atoms with van der Waals surface area (Å²) >= 11 is 0. The van der Waals surface area contributed by atoms with Gasteiger partial charge in [0, 0.05) is 6.42 Å². The molecule has 0 rings (SSSR count). The summed E-state index contributed by atoms with van der Waals surface area (Å²) in [6.45, 7) is 6.46. The van der Waals surface area contributed by atoms with E-state index in [1.54, 1.807) is 0 Å². The molecule has 6 nitrogen and oxygen atoms in total. The van der Waals surface area contributed by atoms with Crippen molar-refractivity contribution in [3.05, 3.63) is 48.6 Å². The Balaban J connectivity index is 4.56. The van der Waals surface area contributed by atoms with Crippen LogP contribution >= 0.6 is 0 Å². The lowest BCUT2D eigenvalue weighted by Gasteiger charge is -2.24. The SMILES string of the molecule is CCCCC/C=C/C=C/CCCCCCC(CC(=O)NC(CO)C(O)CCCCCCCCCCCCCCCCCCC)OC(=O)CCCCC/C=C/C=C/CCCCCCCCC. The van der Waals surface area contributed by atoms with Crippen molar-refractivity contribution >= 4 is 11.9 Å². The van der Waals surface area contributed by atoms with Crippen LogP contribution in [0.5, 0.6) is 0 Å². The van der Waals surface area contributed by atoms with Crippen molar-refractivity contribution < 1.29 is 24.5 Å². The molecule has 0 aromatic heterocycles. The molecule has 65 heavy (non-hydrogen) atoms. The molecular weight excluding hydrogens is 803 g/mol. The van der Waals surface area contributed by atoms with Crippen LogP contribution in [-0.4, -0.2) is 46.9 Å². The van der Waals surface area contributed by atoms with Gasteiger partial charge in [-0.3, -0.25) is 9.59 Å². The zero-order chi connectivity index (χ0) is 47.4. The minimum Gasteiger partial charge on any atom is -0.462 e. The number of nitrogens with one attached hydrogen (secondary N) is 1. The van der Waals surface area contributed by atoms with Crippen LogP contribution in [0, 0.1) is 0 Å². The third-order valence-electron chi connectivity index (χ3n) is 12.9. The molecule has 0 aromatic rings. The lowest BCUT2D eigenvalue weighted by molar-refractivity contribution is -0.151. The van der Waals surface area contributed by atoms with E-state index in [9.17, 15) is 19.8 Å². The van der Waals surface area contributed by atoms with E-state index in [1.165, 1.54) is 154 Å². The van der Waals surface area contributed by atoms with Crippen molar-refractivity contribution in [2.24, 2.45) is 0 Å². The molecule has 0 saturated carbocycles. The fourth-order valence-electron chi connectivity index (χ4n) is 8.59. The zero-order valence-corrected chi connectivity index (χ0v) is 43.4. The Morgan fingerprint density at radius 1 is 0.446 bits per heavy atom. The van der Waals surface area contributed by atoms with Gasteiger partial charge in [-0.25, -0.2) is 0 Å². The van der Waals surface area contributed by atoms with Crippen LogP contribution < -0.4 is 5.32 Å². The Bertz CT molecular complexity index is 1110. The van der Waals surface area contributed by atoms with E-state index in [0.29, 0.717) is 19.3 Å². The molecule has 0 aliphatic heterocycles. The van der Waals surface area contributed by atoms with Gasteiger partial charge in [-0.15, -0.1) is 0 Å². The van der Waals surface area contributed by atoms with Crippen LogP contribution in [0.1, 0.15) is 290 Å². The van der Waals surface area contributed by atoms with Crippen molar-refractivity contribution in [2.45, 2.75) is 309 Å². The number of hydrogen-bond acceptors (Lipinski definition) is 5. The summed E-state index contributed by atoms with van der Waals surface area (Å²) in [7, 11) is 0. The molecule has 0 radical (unpaired) electrons. The number of aliphatic hydroxyl groups excluding tert-OH is 2. The average molecular weight is 913 g/mol. The maximum absolute atomic E-state index is 13.2. The Hall–Kier alpha value is -2.18. The Labute approximate surface area is 404 Å². The first kappa shape index (κ1) is 62.8. The molecule has 1 amide bonds. The van der Waals surface area contributed by atoms with Crippen LogP contribution in [0.4, 0.5) is 0 Å². The molecular formula is C59H109NO5. The molecule has 3 unspecified atom stereocenters. The fraction of sp³-hybridized carbons (Fsp3) is 0.831. The topological polar surface area (TPSA) is 95.9 Å². The van der Waals surface area contributed by atoms with Crippen LogP contribution in [0.3, 0.4) is 0 Å². The lowest BCUT2D eigenvalue weighted by Crippen LogP contribution is -2.46. The van der Waals surface area contributed by atoms with Crippen LogP contribution in [-0.2, 0) is 14.3 Å². The maximum Gasteiger partial charge on any atom is 0.306 e. The van der Waals surface area contributed by atoms with E-state index < -0.39 is 18.2 Å². The van der Waals surface area contributed by atoms with Gasteiger partial charge in [0.1, 0.15) is 6.10 Å². The van der Waals surface area contributed by atoms with Gasteiger partial charge in [-0.2, -0.15) is 0 Å². The van der Waals surface area contributed by atoms with E-state index >= 15 is 0 Å². The summed E-state index contributed by atoms with van der Waals surface area (Å²) in [5.41, 5.74) is 0. The van der Waals surface area contributed by atoms with Crippen molar-refractivity contribution in [2.75, 3.05) is 6.61 Å². The van der Waals surface area contributed by atoms with Crippen LogP contribution in [0.25, 0.3) is 0 Å². The first-order valence-corrected chi connectivity index (χ1v) is 28.4. The van der Waals surface area contributed by atoms with Gasteiger partial charge in [-0.1, -0.05) is 249 Å². The molecule has 380 valence electrons. The minimum atomic E-state index is -0.798. The molecule has 0 aromatic carbocycles. The largest absolute Gasteiger partial charge is 0.462 e. The van der Waals surface area contributed by atoms with Gasteiger partial charge in [0.25, 0.3) is 0 Å². The third-order valence-corrected chi connectivity index (χ3v) is 12.9. The van der Waals surface area contributed by atoms with Crippen molar-refractivity contribution in [3.63, 3.8) is 0 Å². The third kappa shape index (κ3) is 48.1. The molecule has 0 fully saturated rings. The number of hydrogen-bond donors (Lipinski definition) is 3. The van der Waals surface area contributed by atoms with Gasteiger partial charge in [0.2, 0.25) is 5.91 Å². The lowest BCUT2D eigenvalue weighted by atomic mass is 10.0. The first-order valence-electron chi connectivity index (χ1n) is 28.4. The summed E-state index contributed by atoms with van der Waals surface area (Å²) in [6.07, 6.45) is 64.6. The minimum absolute atomic E-state index is 0.0543. The number of rotatable bonds is 51. The summed E-state index contributed by atoms with van der Waals surface area (Å²) in [6, 6.07) is -0.714. The van der Waals surface area contributed by atoms with Gasteiger partial charge >= 0.3 is 5.97 Å². The summed E-state index contributed by atoms with van der Waals surface area (Å²) in [4.78, 5) is 26.2. The monoisotopic (exact) mass is 912 g/mol. The second kappa shape index (κ2) is 52.8. The normalized spacial score (nSPS) is 13.5. The molecule has 3 atom stereocenters. The van der Waals surface area contributed by atoms with E-state index in [-0.39, 0.29) is 24.9 Å². The van der Waals surface area contributed by atoms with Crippen LogP contribution in [0.15, 0.2) is 48.6 Å². The molecule has 0 heterocycles. The predicted octanol–water partition coefficient (Wildman–Crippen LogP) is 17.4. The quantitative estimate of drug-likeness (QED) is 0.0321. The van der Waals surface area contributed by atoms with Crippen molar-refractivity contribution in [3.8, 4) is 0 Å². The highest BCUT2D eigenvalue weighted by molar-refractivity contribution is 5.77. The second-order valence-electron chi connectivity index (χ2n) is 19.4. The molecule has 0 aliphatic carbocycles. The van der Waals surface area contributed by atoms with Gasteiger partial charge in [0.05, 0.1) is 25.2 Å². The molecule has 0 aliphatic rings. The number of carbonyl (C=O) groups excluding carboxylic acids is 2. The second-order valence-corrected chi connectivity index (χ2v) is 19.4. The standard InChI is InChI=1S/C59H109NO5/c1-4-7-10-13-16-19-22-25-27-29-30-33-36-39-42-45-48-51-57(62)56(54-61)60-58(63)53-55(50-47-44-41-38-35-32-24-21-18-15-12-9-6-3)65-59(64)52-49-46-43-40-37-34-31-28-26-23-20-17-14-11-8-5-2/h18,21,24,28,31-32,34,37,55-57,61-62H,4-17,19-20,22-23,25-27,29-30,33,35-36,38-54H2,1-3H3,(H,60,63)/b21-18+,31-28+,32-24+,37-34+. The smallest absolute Gasteiger partial charge is 0.306 e. The van der Waals surface area contributed by atoms with Gasteiger partial charge in [-0.05, 0) is 77.0 Å². The Morgan fingerprint density at radius 3 is 1.17 bits per heavy atom. The Kier molecular flexibility index (Phi) is 51.0. The molecule has 0 saturated heterocycles.